The Morgan fingerprint density at radius 3 is 2.11 bits per heavy atom. The molecule has 0 aliphatic heterocycles. The van der Waals surface area contributed by atoms with Gasteiger partial charge in [-0.25, -0.2) is 0 Å². The number of rotatable bonds is 4. The number of aromatic amines is 1. The van der Waals surface area contributed by atoms with E-state index in [1.807, 2.05) is 27.7 Å². The molecule has 0 aliphatic rings. The summed E-state index contributed by atoms with van der Waals surface area (Å²) in [6, 6.07) is 0. The van der Waals surface area contributed by atoms with Crippen LogP contribution in [-0.2, 0) is 11.4 Å². The Hall–Kier alpha value is -1.23. The third-order valence-electron chi connectivity index (χ3n) is 2.50. The van der Waals surface area contributed by atoms with Crippen LogP contribution in [0.5, 0.6) is 0 Å². The molecule has 1 heterocycles. The lowest BCUT2D eigenvalue weighted by molar-refractivity contribution is -0.125. The maximum Gasteiger partial charge on any atom is 0.135 e. The smallest absolute Gasteiger partial charge is 0.135 e. The molecule has 0 aliphatic carbocycles. The molecule has 1 aromatic rings. The Morgan fingerprint density at radius 1 is 1.42 bits per heavy atom. The molecule has 1 aromatic heterocycles. The van der Waals surface area contributed by atoms with Crippen LogP contribution in [-0.4, -0.2) is 26.3 Å². The molecular formula is C14H29N3O2. The Morgan fingerprint density at radius 2 is 1.95 bits per heavy atom. The average Bonchev–Trinajstić information content (AvgIpc) is 2.83. The van der Waals surface area contributed by atoms with Gasteiger partial charge < -0.3 is 5.11 Å². The highest BCUT2D eigenvalue weighted by molar-refractivity contribution is 5.81. The largest absolute Gasteiger partial charge is 0.390 e. The monoisotopic (exact) mass is 271 g/mol. The molecule has 0 fully saturated rings. The van der Waals surface area contributed by atoms with Gasteiger partial charge in [0.25, 0.3) is 0 Å². The van der Waals surface area contributed by atoms with Crippen LogP contribution in [0.25, 0.3) is 0 Å². The number of carbonyl (C=O) groups excluding carboxylic acids is 1. The number of nitrogens with zero attached hydrogens (tertiary/aromatic N) is 2. The van der Waals surface area contributed by atoms with Crippen molar-refractivity contribution in [3.63, 3.8) is 0 Å². The number of nitrogens with one attached hydrogen (secondary N) is 1. The minimum absolute atomic E-state index is 0.0451. The van der Waals surface area contributed by atoms with Crippen molar-refractivity contribution in [3.8, 4) is 0 Å². The van der Waals surface area contributed by atoms with Crippen LogP contribution in [0.3, 0.4) is 0 Å². The molecule has 0 unspecified atom stereocenters. The summed E-state index contributed by atoms with van der Waals surface area (Å²) in [5, 5.41) is 17.7. The lowest BCUT2D eigenvalue weighted by Crippen LogP contribution is -2.23. The van der Waals surface area contributed by atoms with Crippen molar-refractivity contribution in [2.45, 2.75) is 61.5 Å². The van der Waals surface area contributed by atoms with Gasteiger partial charge in [-0.2, -0.15) is 15.4 Å². The van der Waals surface area contributed by atoms with Crippen LogP contribution in [0, 0.1) is 11.3 Å². The number of aliphatic hydroxyl groups is 1. The fourth-order valence-electron chi connectivity index (χ4n) is 1.47. The van der Waals surface area contributed by atoms with Crippen LogP contribution < -0.4 is 0 Å². The predicted molar refractivity (Wildman–Crippen MR) is 77.6 cm³/mol. The third-order valence-corrected chi connectivity index (χ3v) is 2.50. The van der Waals surface area contributed by atoms with Gasteiger partial charge in [0, 0.05) is 5.41 Å². The zero-order valence-corrected chi connectivity index (χ0v) is 13.3. The molecule has 5 heteroatoms. The van der Waals surface area contributed by atoms with Crippen molar-refractivity contribution in [1.29, 1.82) is 0 Å². The highest BCUT2D eigenvalue weighted by atomic mass is 16.3. The first-order valence-corrected chi connectivity index (χ1v) is 6.76. The second-order valence-corrected chi connectivity index (χ2v) is 5.16. The van der Waals surface area contributed by atoms with E-state index in [-0.39, 0.29) is 12.0 Å². The number of H-pyrrole nitrogens is 1. The number of aromatic nitrogens is 3. The molecule has 0 saturated carbocycles. The molecule has 1 rings (SSSR count). The molecule has 0 saturated heterocycles. The van der Waals surface area contributed by atoms with Gasteiger partial charge in [0.15, 0.2) is 0 Å². The summed E-state index contributed by atoms with van der Waals surface area (Å²) in [7, 11) is 0. The fraction of sp³-hybridized carbons (Fsp3) is 0.786. The van der Waals surface area contributed by atoms with Crippen LogP contribution in [0.4, 0.5) is 0 Å². The highest BCUT2D eigenvalue weighted by Crippen LogP contribution is 2.25. The topological polar surface area (TPSA) is 78.9 Å². The van der Waals surface area contributed by atoms with E-state index in [0.717, 1.165) is 6.42 Å². The molecule has 2 N–H and O–H groups in total. The minimum Gasteiger partial charge on any atom is -0.390 e. The van der Waals surface area contributed by atoms with E-state index >= 15 is 0 Å². The Balaban J connectivity index is 0. The lowest BCUT2D eigenvalue weighted by atomic mass is 9.81. The van der Waals surface area contributed by atoms with Gasteiger partial charge in [-0.05, 0) is 19.3 Å². The van der Waals surface area contributed by atoms with Crippen LogP contribution in [0.2, 0.25) is 0 Å². The van der Waals surface area contributed by atoms with Crippen LogP contribution in [0.15, 0.2) is 6.20 Å². The van der Waals surface area contributed by atoms with Gasteiger partial charge in [-0.1, -0.05) is 41.5 Å². The van der Waals surface area contributed by atoms with Gasteiger partial charge in [0.2, 0.25) is 0 Å². The van der Waals surface area contributed by atoms with E-state index in [4.69, 9.17) is 5.11 Å². The van der Waals surface area contributed by atoms with E-state index < -0.39 is 0 Å². The summed E-state index contributed by atoms with van der Waals surface area (Å²) >= 11 is 0. The average molecular weight is 271 g/mol. The molecule has 0 spiro atoms. The van der Waals surface area contributed by atoms with Crippen molar-refractivity contribution in [3.05, 3.63) is 11.9 Å². The second-order valence-electron chi connectivity index (χ2n) is 5.16. The quantitative estimate of drug-likeness (QED) is 0.882. The standard InChI is InChI=1S/C9H18O.C3H5N3O.C2H6/c1-7(2)6-9(4,5)8(3)10;7-2-3-1-4-6-5-3;1-2/h7H,6H2,1-5H3;1,7H,2H2,(H,4,5,6);1-2H3. The Kier molecular flexibility index (Phi) is 11.3. The van der Waals surface area contributed by atoms with E-state index in [1.54, 1.807) is 6.92 Å². The van der Waals surface area contributed by atoms with E-state index in [1.165, 1.54) is 6.20 Å². The summed E-state index contributed by atoms with van der Waals surface area (Å²) in [5.74, 6) is 0.903. The summed E-state index contributed by atoms with van der Waals surface area (Å²) in [6.07, 6.45) is 2.46. The molecule has 0 radical (unpaired) electrons. The Bertz CT molecular complexity index is 319. The molecule has 19 heavy (non-hydrogen) atoms. The molecule has 0 bridgehead atoms. The maximum absolute atomic E-state index is 11.0. The van der Waals surface area contributed by atoms with Crippen molar-refractivity contribution in [2.75, 3.05) is 0 Å². The number of hydrogen-bond acceptors (Lipinski definition) is 4. The van der Waals surface area contributed by atoms with Gasteiger partial charge >= 0.3 is 0 Å². The van der Waals surface area contributed by atoms with Crippen molar-refractivity contribution >= 4 is 5.78 Å². The fourth-order valence-corrected chi connectivity index (χ4v) is 1.47. The van der Waals surface area contributed by atoms with Crippen LogP contribution in [0.1, 0.15) is 60.6 Å². The first-order valence-electron chi connectivity index (χ1n) is 6.76. The van der Waals surface area contributed by atoms with Crippen LogP contribution >= 0.6 is 0 Å². The predicted octanol–water partition coefficient (Wildman–Crippen LogP) is 2.97. The zero-order chi connectivity index (χ0) is 15.5. The molecule has 112 valence electrons. The maximum atomic E-state index is 11.0. The number of Topliss-reactive ketones (excluding diaryl/α,β-unsaturated/α-hetero) is 1. The van der Waals surface area contributed by atoms with Crippen molar-refractivity contribution in [1.82, 2.24) is 15.4 Å². The SMILES string of the molecule is CC.CC(=O)C(C)(C)CC(C)C.OCc1cn[nH]n1. The minimum atomic E-state index is -0.117. The summed E-state index contributed by atoms with van der Waals surface area (Å²) < 4.78 is 0. The molecule has 0 aromatic carbocycles. The van der Waals surface area contributed by atoms with E-state index in [2.05, 4.69) is 29.3 Å². The van der Waals surface area contributed by atoms with E-state index in [0.29, 0.717) is 17.4 Å². The van der Waals surface area contributed by atoms with E-state index in [9.17, 15) is 4.79 Å². The normalized spacial score (nSPS) is 10.2. The van der Waals surface area contributed by atoms with Gasteiger partial charge in [-0.3, -0.25) is 4.79 Å². The first-order chi connectivity index (χ1) is 8.79. The molecule has 0 atom stereocenters. The summed E-state index contributed by atoms with van der Waals surface area (Å²) in [6.45, 7) is 13.9. The van der Waals surface area contributed by atoms with Gasteiger partial charge in [0.05, 0.1) is 12.8 Å². The molecule has 5 nitrogen and oxygen atoms in total. The van der Waals surface area contributed by atoms with Gasteiger partial charge in [0.1, 0.15) is 11.5 Å². The highest BCUT2D eigenvalue weighted by Gasteiger charge is 2.24. The second kappa shape index (κ2) is 10.7. The molecular weight excluding hydrogens is 242 g/mol. The molecule has 0 amide bonds. The number of carbonyl (C=O) groups is 1. The summed E-state index contributed by atoms with van der Waals surface area (Å²) in [5.41, 5.74) is 0.453. The Labute approximate surface area is 116 Å². The first kappa shape index (κ1) is 20.1. The zero-order valence-electron chi connectivity index (χ0n) is 13.3. The number of ketones is 1. The number of aliphatic hydroxyl groups excluding tert-OH is 1. The van der Waals surface area contributed by atoms with Crippen molar-refractivity contribution < 1.29 is 9.90 Å². The third kappa shape index (κ3) is 10.4. The summed E-state index contributed by atoms with van der Waals surface area (Å²) in [4.78, 5) is 11.0. The lowest BCUT2D eigenvalue weighted by Gasteiger charge is -2.22. The number of hydrogen-bond donors (Lipinski definition) is 2. The van der Waals surface area contributed by atoms with Gasteiger partial charge in [-0.15, -0.1) is 0 Å². The van der Waals surface area contributed by atoms with Crippen molar-refractivity contribution in [2.24, 2.45) is 11.3 Å².